The number of furan rings is 1. The van der Waals surface area contributed by atoms with E-state index in [1.807, 2.05) is 17.9 Å². The monoisotopic (exact) mass is 369 g/mol. The van der Waals surface area contributed by atoms with Crippen LogP contribution in [0.1, 0.15) is 29.2 Å². The van der Waals surface area contributed by atoms with Crippen molar-refractivity contribution >= 4 is 17.5 Å². The van der Waals surface area contributed by atoms with Crippen LogP contribution in [0.25, 0.3) is 0 Å². The number of amides is 2. The number of pyridine rings is 1. The first-order valence-corrected chi connectivity index (χ1v) is 9.28. The van der Waals surface area contributed by atoms with Gasteiger partial charge in [0.2, 0.25) is 5.91 Å². The second-order valence-electron chi connectivity index (χ2n) is 7.25. The Balaban J connectivity index is 1.38. The molecule has 0 radical (unpaired) electrons. The van der Waals surface area contributed by atoms with E-state index >= 15 is 0 Å². The zero-order chi connectivity index (χ0) is 18.8. The van der Waals surface area contributed by atoms with Gasteiger partial charge in [-0.2, -0.15) is 0 Å². The van der Waals surface area contributed by atoms with Crippen LogP contribution in [0.15, 0.2) is 41.1 Å². The number of hydrogen-bond donors (Lipinski definition) is 1. The van der Waals surface area contributed by atoms with Gasteiger partial charge >= 0.3 is 0 Å². The first kappa shape index (κ1) is 17.7. The highest BCUT2D eigenvalue weighted by molar-refractivity contribution is 5.93. The standard InChI is InChI=1S/C20H23N3O4/c1-13-4-5-18(27-13)20(25)23-8-6-17-14(11-23)9-15(12-26-17)19(24)22-16-3-2-7-21-10-16/h2-5,7,10,14-15,17H,6,8-9,11-12H2,1H3,(H,22,24)/t14-,15-,17+/m0/s1. The van der Waals surface area contributed by atoms with Gasteiger partial charge in [0.1, 0.15) is 5.76 Å². The average Bonchev–Trinajstić information content (AvgIpc) is 3.13. The lowest BCUT2D eigenvalue weighted by molar-refractivity contribution is -0.133. The Bertz CT molecular complexity index is 820. The topological polar surface area (TPSA) is 84.7 Å². The van der Waals surface area contributed by atoms with Gasteiger partial charge in [-0.3, -0.25) is 14.6 Å². The normalized spacial score (nSPS) is 24.9. The van der Waals surface area contributed by atoms with Crippen LogP contribution >= 0.6 is 0 Å². The van der Waals surface area contributed by atoms with Crippen LogP contribution in [0.4, 0.5) is 5.69 Å². The van der Waals surface area contributed by atoms with Gasteiger partial charge in [0.15, 0.2) is 5.76 Å². The molecule has 0 saturated carbocycles. The van der Waals surface area contributed by atoms with Crippen molar-refractivity contribution in [3.8, 4) is 0 Å². The number of carbonyl (C=O) groups excluding carboxylic acids is 2. The van der Waals surface area contributed by atoms with Crippen LogP contribution in [0.5, 0.6) is 0 Å². The molecule has 2 aliphatic rings. The predicted octanol–water partition coefficient (Wildman–Crippen LogP) is 2.49. The Morgan fingerprint density at radius 3 is 2.93 bits per heavy atom. The number of fused-ring (bicyclic) bond motifs is 1. The van der Waals surface area contributed by atoms with Gasteiger partial charge < -0.3 is 19.4 Å². The maximum absolute atomic E-state index is 12.6. The largest absolute Gasteiger partial charge is 0.456 e. The van der Waals surface area contributed by atoms with E-state index in [0.717, 1.165) is 12.2 Å². The molecule has 0 bridgehead atoms. The van der Waals surface area contributed by atoms with Gasteiger partial charge in [-0.15, -0.1) is 0 Å². The number of anilines is 1. The lowest BCUT2D eigenvalue weighted by atomic mass is 9.83. The second-order valence-corrected chi connectivity index (χ2v) is 7.25. The van der Waals surface area contributed by atoms with E-state index in [0.29, 0.717) is 37.6 Å². The summed E-state index contributed by atoms with van der Waals surface area (Å²) >= 11 is 0. The van der Waals surface area contributed by atoms with Crippen LogP contribution in [-0.2, 0) is 9.53 Å². The predicted molar refractivity (Wildman–Crippen MR) is 98.2 cm³/mol. The summed E-state index contributed by atoms with van der Waals surface area (Å²) in [7, 11) is 0. The van der Waals surface area contributed by atoms with E-state index in [-0.39, 0.29) is 29.8 Å². The van der Waals surface area contributed by atoms with Gasteiger partial charge in [-0.25, -0.2) is 0 Å². The van der Waals surface area contributed by atoms with E-state index in [4.69, 9.17) is 9.15 Å². The molecule has 0 aliphatic carbocycles. The second kappa shape index (κ2) is 7.52. The fourth-order valence-electron chi connectivity index (χ4n) is 3.88. The molecular formula is C20H23N3O4. The number of carbonyl (C=O) groups is 2. The molecule has 2 aromatic rings. The summed E-state index contributed by atoms with van der Waals surface area (Å²) < 4.78 is 11.4. The first-order valence-electron chi connectivity index (χ1n) is 9.28. The highest BCUT2D eigenvalue weighted by Crippen LogP contribution is 2.32. The summed E-state index contributed by atoms with van der Waals surface area (Å²) in [4.78, 5) is 31.0. The fraction of sp³-hybridized carbons (Fsp3) is 0.450. The minimum Gasteiger partial charge on any atom is -0.456 e. The number of aryl methyl sites for hydroxylation is 1. The third-order valence-corrected chi connectivity index (χ3v) is 5.30. The number of aromatic nitrogens is 1. The van der Waals surface area contributed by atoms with E-state index in [2.05, 4.69) is 10.3 Å². The zero-order valence-electron chi connectivity index (χ0n) is 15.3. The molecule has 0 aromatic carbocycles. The molecule has 0 unspecified atom stereocenters. The molecule has 7 heteroatoms. The smallest absolute Gasteiger partial charge is 0.289 e. The number of hydrogen-bond acceptors (Lipinski definition) is 5. The molecule has 2 aliphatic heterocycles. The van der Waals surface area contributed by atoms with Crippen LogP contribution in [0, 0.1) is 18.8 Å². The molecule has 4 heterocycles. The molecule has 0 spiro atoms. The van der Waals surface area contributed by atoms with Crippen LogP contribution in [0.3, 0.4) is 0 Å². The summed E-state index contributed by atoms with van der Waals surface area (Å²) in [5, 5.41) is 2.89. The number of rotatable bonds is 3. The van der Waals surface area contributed by atoms with Gasteiger partial charge in [0.25, 0.3) is 5.91 Å². The fourth-order valence-corrected chi connectivity index (χ4v) is 3.88. The lowest BCUT2D eigenvalue weighted by Crippen LogP contribution is -2.51. The van der Waals surface area contributed by atoms with Crippen LogP contribution in [0.2, 0.25) is 0 Å². The lowest BCUT2D eigenvalue weighted by Gasteiger charge is -2.42. The maximum atomic E-state index is 12.6. The van der Waals surface area contributed by atoms with Crippen molar-refractivity contribution in [1.82, 2.24) is 9.88 Å². The number of likely N-dealkylation sites (tertiary alicyclic amines) is 1. The minimum absolute atomic E-state index is 0.0634. The van der Waals surface area contributed by atoms with Crippen molar-refractivity contribution < 1.29 is 18.7 Å². The zero-order valence-corrected chi connectivity index (χ0v) is 15.3. The van der Waals surface area contributed by atoms with Gasteiger partial charge in [-0.1, -0.05) is 0 Å². The van der Waals surface area contributed by atoms with Crippen LogP contribution in [-0.4, -0.2) is 47.5 Å². The summed E-state index contributed by atoms with van der Waals surface area (Å²) in [5.74, 6) is 0.856. The molecule has 142 valence electrons. The van der Waals surface area contributed by atoms with E-state index in [1.165, 1.54) is 0 Å². The van der Waals surface area contributed by atoms with Crippen molar-refractivity contribution in [3.63, 3.8) is 0 Å². The Hall–Kier alpha value is -2.67. The Morgan fingerprint density at radius 1 is 1.30 bits per heavy atom. The van der Waals surface area contributed by atoms with E-state index in [9.17, 15) is 9.59 Å². The number of piperidine rings is 1. The van der Waals surface area contributed by atoms with E-state index < -0.39 is 0 Å². The molecule has 2 fully saturated rings. The van der Waals surface area contributed by atoms with Crippen molar-refractivity contribution in [2.75, 3.05) is 25.0 Å². The van der Waals surface area contributed by atoms with Crippen molar-refractivity contribution in [2.24, 2.45) is 11.8 Å². The molecule has 2 saturated heterocycles. The quantitative estimate of drug-likeness (QED) is 0.898. The number of nitrogens with zero attached hydrogens (tertiary/aromatic N) is 2. The molecule has 27 heavy (non-hydrogen) atoms. The highest BCUT2D eigenvalue weighted by atomic mass is 16.5. The highest BCUT2D eigenvalue weighted by Gasteiger charge is 2.39. The van der Waals surface area contributed by atoms with Gasteiger partial charge in [0, 0.05) is 25.2 Å². The third kappa shape index (κ3) is 3.88. The maximum Gasteiger partial charge on any atom is 0.289 e. The first-order chi connectivity index (χ1) is 13.1. The Morgan fingerprint density at radius 2 is 2.19 bits per heavy atom. The third-order valence-electron chi connectivity index (χ3n) is 5.30. The van der Waals surface area contributed by atoms with Crippen molar-refractivity contribution in [2.45, 2.75) is 25.9 Å². The van der Waals surface area contributed by atoms with Gasteiger partial charge in [-0.05, 0) is 44.0 Å². The molecule has 4 rings (SSSR count). The average molecular weight is 369 g/mol. The molecule has 2 aromatic heterocycles. The Labute approximate surface area is 157 Å². The molecule has 1 N–H and O–H groups in total. The molecular weight excluding hydrogens is 346 g/mol. The van der Waals surface area contributed by atoms with Gasteiger partial charge in [0.05, 0.1) is 30.5 Å². The van der Waals surface area contributed by atoms with Crippen molar-refractivity contribution in [3.05, 3.63) is 48.2 Å². The SMILES string of the molecule is Cc1ccc(C(=O)N2CC[C@H]3OC[C@@H](C(=O)Nc4cccnc4)C[C@H]3C2)o1. The molecule has 3 atom stereocenters. The number of nitrogens with one attached hydrogen (secondary N) is 1. The summed E-state index contributed by atoms with van der Waals surface area (Å²) in [6.07, 6.45) is 4.88. The number of ether oxygens (including phenoxy) is 1. The summed E-state index contributed by atoms with van der Waals surface area (Å²) in [6, 6.07) is 7.10. The molecule has 7 nitrogen and oxygen atoms in total. The van der Waals surface area contributed by atoms with Crippen LogP contribution < -0.4 is 5.32 Å². The minimum atomic E-state index is -0.229. The Kier molecular flexibility index (Phi) is 4.94. The molecule has 2 amide bonds. The summed E-state index contributed by atoms with van der Waals surface area (Å²) in [6.45, 7) is 3.47. The summed E-state index contributed by atoms with van der Waals surface area (Å²) in [5.41, 5.74) is 0.679. The van der Waals surface area contributed by atoms with Crippen molar-refractivity contribution in [1.29, 1.82) is 0 Å². The van der Waals surface area contributed by atoms with E-state index in [1.54, 1.807) is 30.6 Å².